The van der Waals surface area contributed by atoms with E-state index in [-0.39, 0.29) is 5.91 Å². The molecule has 6 heteroatoms. The fourth-order valence-corrected chi connectivity index (χ4v) is 2.99. The molecule has 0 radical (unpaired) electrons. The molecule has 0 aliphatic carbocycles. The molecule has 0 bridgehead atoms. The maximum absolute atomic E-state index is 12.5. The van der Waals surface area contributed by atoms with Crippen LogP contribution in [0.15, 0.2) is 24.3 Å². The van der Waals surface area contributed by atoms with E-state index in [0.29, 0.717) is 24.8 Å². The number of benzene rings is 1. The molecule has 0 fully saturated rings. The molecule has 25 heavy (non-hydrogen) atoms. The summed E-state index contributed by atoms with van der Waals surface area (Å²) in [5.74, 6) is -0.120. The summed E-state index contributed by atoms with van der Waals surface area (Å²) >= 11 is 0. The van der Waals surface area contributed by atoms with Crippen molar-refractivity contribution in [2.24, 2.45) is 0 Å². The minimum Gasteiger partial charge on any atom is -0.347 e. The van der Waals surface area contributed by atoms with Crippen LogP contribution in [0.5, 0.6) is 0 Å². The van der Waals surface area contributed by atoms with Gasteiger partial charge >= 0.3 is 0 Å². The van der Waals surface area contributed by atoms with Gasteiger partial charge in [-0.15, -0.1) is 0 Å². The minimum atomic E-state index is -0.120. The van der Waals surface area contributed by atoms with Gasteiger partial charge < -0.3 is 10.6 Å². The number of amides is 1. The quantitative estimate of drug-likeness (QED) is 0.749. The van der Waals surface area contributed by atoms with Crippen molar-refractivity contribution in [3.8, 4) is 0 Å². The Morgan fingerprint density at radius 2 is 2.16 bits per heavy atom. The van der Waals surface area contributed by atoms with Crippen LogP contribution in [-0.2, 0) is 26.1 Å². The van der Waals surface area contributed by atoms with Crippen LogP contribution in [0.4, 0.5) is 0 Å². The standard InChI is InChI=1S/C19H27N5O/c1-13(2)24(3)12-15-6-4-5-14(9-15)10-21-19(25)18-16-11-20-8-7-17(16)22-23-18/h4-6,9,13,20H,7-8,10-12H2,1-3H3,(H,21,25)(H,22,23). The minimum absolute atomic E-state index is 0.120. The molecule has 0 spiro atoms. The highest BCUT2D eigenvalue weighted by Gasteiger charge is 2.21. The number of hydrogen-bond acceptors (Lipinski definition) is 4. The second-order valence-corrected chi connectivity index (χ2v) is 6.97. The molecule has 0 atom stereocenters. The number of carbonyl (C=O) groups is 1. The molecule has 0 unspecified atom stereocenters. The first-order valence-electron chi connectivity index (χ1n) is 8.87. The van der Waals surface area contributed by atoms with Crippen LogP contribution in [0.2, 0.25) is 0 Å². The molecular weight excluding hydrogens is 314 g/mol. The summed E-state index contributed by atoms with van der Waals surface area (Å²) in [6.45, 7) is 7.40. The second-order valence-electron chi connectivity index (χ2n) is 6.97. The van der Waals surface area contributed by atoms with Crippen molar-refractivity contribution in [2.45, 2.75) is 45.9 Å². The van der Waals surface area contributed by atoms with Crippen LogP contribution < -0.4 is 10.6 Å². The molecule has 3 N–H and O–H groups in total. The van der Waals surface area contributed by atoms with E-state index in [9.17, 15) is 4.79 Å². The second kappa shape index (κ2) is 7.80. The summed E-state index contributed by atoms with van der Waals surface area (Å²) in [5, 5.41) is 13.5. The first-order chi connectivity index (χ1) is 12.0. The number of fused-ring (bicyclic) bond motifs is 1. The molecule has 0 saturated carbocycles. The van der Waals surface area contributed by atoms with E-state index >= 15 is 0 Å². The molecule has 3 rings (SSSR count). The van der Waals surface area contributed by atoms with Gasteiger partial charge in [-0.05, 0) is 32.0 Å². The highest BCUT2D eigenvalue weighted by Crippen LogP contribution is 2.15. The van der Waals surface area contributed by atoms with E-state index < -0.39 is 0 Å². The summed E-state index contributed by atoms with van der Waals surface area (Å²) in [4.78, 5) is 14.8. The van der Waals surface area contributed by atoms with Crippen LogP contribution in [0.25, 0.3) is 0 Å². The van der Waals surface area contributed by atoms with Crippen molar-refractivity contribution in [3.63, 3.8) is 0 Å². The molecule has 134 valence electrons. The Hall–Kier alpha value is -2.18. The fraction of sp³-hybridized carbons (Fsp3) is 0.474. The topological polar surface area (TPSA) is 73.0 Å². The van der Waals surface area contributed by atoms with E-state index in [2.05, 4.69) is 58.8 Å². The highest BCUT2D eigenvalue weighted by atomic mass is 16.1. The Balaban J connectivity index is 1.62. The molecule has 1 aliphatic heterocycles. The molecule has 1 aliphatic rings. The number of carbonyl (C=O) groups excluding carboxylic acids is 1. The fourth-order valence-electron chi connectivity index (χ4n) is 2.99. The summed E-state index contributed by atoms with van der Waals surface area (Å²) in [6, 6.07) is 8.87. The van der Waals surface area contributed by atoms with E-state index in [1.54, 1.807) is 0 Å². The predicted octanol–water partition coefficient (Wildman–Crippen LogP) is 1.83. The van der Waals surface area contributed by atoms with Crippen molar-refractivity contribution in [3.05, 3.63) is 52.3 Å². The first kappa shape index (κ1) is 17.6. The number of aromatic amines is 1. The van der Waals surface area contributed by atoms with Gasteiger partial charge in [0, 0.05) is 49.9 Å². The van der Waals surface area contributed by atoms with Crippen LogP contribution in [0, 0.1) is 0 Å². The largest absolute Gasteiger partial charge is 0.347 e. The third kappa shape index (κ3) is 4.27. The van der Waals surface area contributed by atoms with Gasteiger partial charge in [0.05, 0.1) is 0 Å². The number of nitrogens with one attached hydrogen (secondary N) is 3. The zero-order chi connectivity index (χ0) is 17.8. The number of hydrogen-bond donors (Lipinski definition) is 3. The van der Waals surface area contributed by atoms with Crippen molar-refractivity contribution in [1.82, 2.24) is 25.7 Å². The van der Waals surface area contributed by atoms with Crippen molar-refractivity contribution in [1.29, 1.82) is 0 Å². The smallest absolute Gasteiger partial charge is 0.272 e. The van der Waals surface area contributed by atoms with Gasteiger partial charge in [-0.25, -0.2) is 0 Å². The van der Waals surface area contributed by atoms with Crippen molar-refractivity contribution in [2.75, 3.05) is 13.6 Å². The Labute approximate surface area is 149 Å². The van der Waals surface area contributed by atoms with Gasteiger partial charge in [0.2, 0.25) is 0 Å². The average molecular weight is 341 g/mol. The Kier molecular flexibility index (Phi) is 5.50. The SMILES string of the molecule is CC(C)N(C)Cc1cccc(CNC(=O)c2n[nH]c3c2CNCC3)c1. The van der Waals surface area contributed by atoms with Gasteiger partial charge in [-0.2, -0.15) is 5.10 Å². The molecule has 1 aromatic carbocycles. The molecule has 1 amide bonds. The van der Waals surface area contributed by atoms with Gasteiger partial charge in [0.1, 0.15) is 0 Å². The molecule has 2 aromatic rings. The Morgan fingerprint density at radius 1 is 1.36 bits per heavy atom. The summed E-state index contributed by atoms with van der Waals surface area (Å²) in [7, 11) is 2.12. The predicted molar refractivity (Wildman–Crippen MR) is 98.2 cm³/mol. The van der Waals surface area contributed by atoms with Crippen LogP contribution in [0.3, 0.4) is 0 Å². The zero-order valence-electron chi connectivity index (χ0n) is 15.2. The van der Waals surface area contributed by atoms with Crippen LogP contribution >= 0.6 is 0 Å². The number of rotatable bonds is 6. The summed E-state index contributed by atoms with van der Waals surface area (Å²) in [6.07, 6.45) is 0.890. The monoisotopic (exact) mass is 341 g/mol. The maximum atomic E-state index is 12.5. The number of nitrogens with zero attached hydrogens (tertiary/aromatic N) is 2. The Bertz CT molecular complexity index is 737. The van der Waals surface area contributed by atoms with E-state index in [4.69, 9.17) is 0 Å². The molecule has 1 aromatic heterocycles. The van der Waals surface area contributed by atoms with Gasteiger partial charge in [0.15, 0.2) is 5.69 Å². The lowest BCUT2D eigenvalue weighted by Crippen LogP contribution is -2.28. The molecule has 2 heterocycles. The van der Waals surface area contributed by atoms with Crippen molar-refractivity contribution >= 4 is 5.91 Å². The van der Waals surface area contributed by atoms with Crippen LogP contribution in [-0.4, -0.2) is 40.6 Å². The lowest BCUT2D eigenvalue weighted by Gasteiger charge is -2.21. The lowest BCUT2D eigenvalue weighted by molar-refractivity contribution is 0.0944. The normalized spacial score (nSPS) is 14.0. The third-order valence-electron chi connectivity index (χ3n) is 4.78. The maximum Gasteiger partial charge on any atom is 0.272 e. The van der Waals surface area contributed by atoms with Crippen LogP contribution in [0.1, 0.15) is 46.7 Å². The van der Waals surface area contributed by atoms with Gasteiger partial charge in [-0.3, -0.25) is 14.8 Å². The van der Waals surface area contributed by atoms with E-state index in [0.717, 1.165) is 36.3 Å². The average Bonchev–Trinajstić information content (AvgIpc) is 3.04. The molecule has 6 nitrogen and oxygen atoms in total. The van der Waals surface area contributed by atoms with Crippen molar-refractivity contribution < 1.29 is 4.79 Å². The van der Waals surface area contributed by atoms with Gasteiger partial charge in [0.25, 0.3) is 5.91 Å². The number of H-pyrrole nitrogens is 1. The summed E-state index contributed by atoms with van der Waals surface area (Å²) in [5.41, 5.74) is 4.94. The van der Waals surface area contributed by atoms with Gasteiger partial charge in [-0.1, -0.05) is 24.3 Å². The number of aromatic nitrogens is 2. The highest BCUT2D eigenvalue weighted by molar-refractivity contribution is 5.94. The lowest BCUT2D eigenvalue weighted by atomic mass is 10.1. The third-order valence-corrected chi connectivity index (χ3v) is 4.78. The first-order valence-corrected chi connectivity index (χ1v) is 8.87. The molecular formula is C19H27N5O. The zero-order valence-corrected chi connectivity index (χ0v) is 15.2. The Morgan fingerprint density at radius 3 is 2.96 bits per heavy atom. The van der Waals surface area contributed by atoms with E-state index in [1.165, 1.54) is 5.56 Å². The molecule has 0 saturated heterocycles. The van der Waals surface area contributed by atoms with E-state index in [1.807, 2.05) is 12.1 Å². The summed E-state index contributed by atoms with van der Waals surface area (Å²) < 4.78 is 0.